The summed E-state index contributed by atoms with van der Waals surface area (Å²) in [4.78, 5) is 0. The fraction of sp³-hybridized carbons (Fsp3) is 1.00. The van der Waals surface area contributed by atoms with Crippen LogP contribution in [0, 0.1) is 0 Å². The Morgan fingerprint density at radius 1 is 1.14 bits per heavy atom. The zero-order valence-electron chi connectivity index (χ0n) is 3.74. The number of aliphatic hydroxyl groups excluding tert-OH is 1. The van der Waals surface area contributed by atoms with Gasteiger partial charge < -0.3 is 5.11 Å². The van der Waals surface area contributed by atoms with Gasteiger partial charge in [0.1, 0.15) is 0 Å². The lowest BCUT2D eigenvalue weighted by molar-refractivity contribution is 0.399. The predicted octanol–water partition coefficient (Wildman–Crippen LogP) is 0.107. The molecule has 0 spiro atoms. The van der Waals surface area contributed by atoms with Gasteiger partial charge in [0, 0.05) is 15.5 Å². The molecule has 0 aliphatic heterocycles. The van der Waals surface area contributed by atoms with E-state index in [0.29, 0.717) is 0 Å². The van der Waals surface area contributed by atoms with Crippen LogP contribution in [-0.4, -0.2) is 28.2 Å². The van der Waals surface area contributed by atoms with E-state index >= 15 is 0 Å². The highest BCUT2D eigenvalue weighted by molar-refractivity contribution is 6.33. The minimum Gasteiger partial charge on any atom is -0.400 e. The first-order valence-corrected chi connectivity index (χ1v) is 1.10. The highest BCUT2D eigenvalue weighted by Crippen LogP contribution is 1.80. The highest BCUT2D eigenvalue weighted by Gasteiger charge is 2.06. The number of hydrogen-bond acceptors (Lipinski definition) is 1. The average molecular weight is 111 g/mol. The maximum absolute atomic E-state index is 9.67. The molecule has 0 fully saturated rings. The number of rotatable bonds is 0. The van der Waals surface area contributed by atoms with Crippen LogP contribution in [0.3, 0.4) is 0 Å². The van der Waals surface area contributed by atoms with Gasteiger partial charge in [-0.1, -0.05) is 0 Å². The summed E-state index contributed by atoms with van der Waals surface area (Å²) in [5.41, 5.74) is 0. The van der Waals surface area contributed by atoms with Crippen LogP contribution in [0.15, 0.2) is 0 Å². The molecule has 1 nitrogen and oxygen atoms in total. The van der Waals surface area contributed by atoms with E-state index in [1.54, 1.807) is 0 Å². The Bertz CT molecular complexity index is 17.7. The second-order valence-electron chi connectivity index (χ2n) is 0.247. The Morgan fingerprint density at radius 3 is 1.14 bits per heavy atom. The van der Waals surface area contributed by atoms with Crippen molar-refractivity contribution in [3.8, 4) is 0 Å². The Morgan fingerprint density at radius 2 is 1.14 bits per heavy atom. The molecule has 6 heteroatoms. The van der Waals surface area contributed by atoms with Crippen molar-refractivity contribution < 1.29 is 18.1 Å². The van der Waals surface area contributed by atoms with E-state index in [1.807, 2.05) is 0 Å². The molecule has 0 heterocycles. The Hall–Kier alpha value is -0.120. The molecule has 0 amide bonds. The second kappa shape index (κ2) is 16.9. The van der Waals surface area contributed by atoms with E-state index in [0.717, 1.165) is 7.11 Å². The summed E-state index contributed by atoms with van der Waals surface area (Å²) in [6, 6.07) is 0. The molecule has 0 saturated heterocycles. The Balaban J connectivity index is -0.0000000480. The van der Waals surface area contributed by atoms with Crippen molar-refractivity contribution in [2.45, 2.75) is 0 Å². The Kier molecular flexibility index (Phi) is 38.1. The van der Waals surface area contributed by atoms with Crippen molar-refractivity contribution in [1.29, 1.82) is 0 Å². The summed E-state index contributed by atoms with van der Waals surface area (Å²) >= 11 is 0. The van der Waals surface area contributed by atoms with E-state index in [-0.39, 0.29) is 8.41 Å². The van der Waals surface area contributed by atoms with Crippen molar-refractivity contribution in [3.05, 3.63) is 0 Å². The zero-order valence-corrected chi connectivity index (χ0v) is 3.74. The van der Waals surface area contributed by atoms with E-state index in [9.17, 15) is 12.9 Å². The van der Waals surface area contributed by atoms with Crippen molar-refractivity contribution in [2.24, 2.45) is 0 Å². The monoisotopic (exact) mass is 111 g/mol. The van der Waals surface area contributed by atoms with Crippen LogP contribution in [0.1, 0.15) is 0 Å². The van der Waals surface area contributed by atoms with E-state index in [4.69, 9.17) is 5.11 Å². The molecule has 7 heavy (non-hydrogen) atoms. The SMILES string of the molecule is CO.FB(F)F.[B]. The van der Waals surface area contributed by atoms with Crippen LogP contribution < -0.4 is 0 Å². The van der Waals surface area contributed by atoms with Crippen LogP contribution in [0.2, 0.25) is 0 Å². The van der Waals surface area contributed by atoms with Crippen molar-refractivity contribution in [1.82, 2.24) is 0 Å². The minimum atomic E-state index is -3.67. The molecule has 0 rings (SSSR count). The molecule has 1 N–H and O–H groups in total. The standard InChI is InChI=1S/CH4O.BF3.B/c1-2;2-1(3)4;/h2H,1H3;;. The fourth-order valence-corrected chi connectivity index (χ4v) is 0. The molecule has 0 unspecified atom stereocenters. The van der Waals surface area contributed by atoms with Crippen LogP contribution >= 0.6 is 0 Å². The van der Waals surface area contributed by atoms with E-state index < -0.39 is 7.54 Å². The van der Waals surface area contributed by atoms with Gasteiger partial charge in [0.15, 0.2) is 0 Å². The minimum absolute atomic E-state index is 0. The quantitative estimate of drug-likeness (QED) is 0.439. The van der Waals surface area contributed by atoms with Gasteiger partial charge in [-0.05, 0) is 0 Å². The van der Waals surface area contributed by atoms with E-state index in [1.165, 1.54) is 0 Å². The van der Waals surface area contributed by atoms with Crippen molar-refractivity contribution in [3.63, 3.8) is 0 Å². The van der Waals surface area contributed by atoms with Gasteiger partial charge in [-0.25, -0.2) is 0 Å². The molecule has 0 aromatic carbocycles. The maximum Gasteiger partial charge on any atom is 0.762 e. The van der Waals surface area contributed by atoms with E-state index in [2.05, 4.69) is 0 Å². The second-order valence-corrected chi connectivity index (χ2v) is 0.247. The molecule has 3 radical (unpaired) electrons. The molecule has 0 aromatic rings. The van der Waals surface area contributed by atoms with Gasteiger partial charge in [-0.2, -0.15) is 0 Å². The smallest absolute Gasteiger partial charge is 0.400 e. The average Bonchev–Trinajstić information content (AvgIpc) is 1.41. The summed E-state index contributed by atoms with van der Waals surface area (Å²) in [7, 11) is -2.67. The van der Waals surface area contributed by atoms with Crippen LogP contribution in [0.5, 0.6) is 0 Å². The molecule has 0 aliphatic rings. The maximum atomic E-state index is 9.67. The highest BCUT2D eigenvalue weighted by atomic mass is 19.4. The van der Waals surface area contributed by atoms with Crippen LogP contribution in [0.4, 0.5) is 12.9 Å². The summed E-state index contributed by atoms with van der Waals surface area (Å²) < 4.78 is 29.0. The summed E-state index contributed by atoms with van der Waals surface area (Å²) in [5, 5.41) is 7.00. The molecular formula is CH4B2F3O. The molecule has 0 bridgehead atoms. The lowest BCUT2D eigenvalue weighted by Crippen LogP contribution is -1.76. The topological polar surface area (TPSA) is 20.2 Å². The third kappa shape index (κ3) is 6130. The number of halogens is 3. The van der Waals surface area contributed by atoms with Gasteiger partial charge in [-0.15, -0.1) is 0 Å². The molecular weight excluding hydrogens is 107 g/mol. The van der Waals surface area contributed by atoms with Crippen LogP contribution in [-0.2, 0) is 0 Å². The Labute approximate surface area is 42.3 Å². The molecule has 41 valence electrons. The molecule has 0 atom stereocenters. The van der Waals surface area contributed by atoms with Gasteiger partial charge in [-0.3, -0.25) is 12.9 Å². The first-order chi connectivity index (χ1) is 2.73. The predicted molar refractivity (Wildman–Crippen MR) is 23.0 cm³/mol. The normalized spacial score (nSPS) is 4.71. The summed E-state index contributed by atoms with van der Waals surface area (Å²) in [6.45, 7) is 0. The van der Waals surface area contributed by atoms with Gasteiger partial charge in [0.25, 0.3) is 0 Å². The third-order valence-electron chi connectivity index (χ3n) is 0. The number of aliphatic hydroxyl groups is 1. The summed E-state index contributed by atoms with van der Waals surface area (Å²) in [5.74, 6) is 0. The van der Waals surface area contributed by atoms with Gasteiger partial charge >= 0.3 is 7.54 Å². The number of hydrogen-bond donors (Lipinski definition) is 1. The van der Waals surface area contributed by atoms with Crippen LogP contribution in [0.25, 0.3) is 0 Å². The molecule has 0 saturated carbocycles. The molecule has 0 aromatic heterocycles. The van der Waals surface area contributed by atoms with Crippen molar-refractivity contribution >= 4 is 16.0 Å². The largest absolute Gasteiger partial charge is 0.762 e. The van der Waals surface area contributed by atoms with Gasteiger partial charge in [0.05, 0.1) is 0 Å². The first-order valence-electron chi connectivity index (χ1n) is 1.10. The summed E-state index contributed by atoms with van der Waals surface area (Å²) in [6.07, 6.45) is 0. The first kappa shape index (κ1) is 15.8. The third-order valence-corrected chi connectivity index (χ3v) is 0. The van der Waals surface area contributed by atoms with Gasteiger partial charge in [0.2, 0.25) is 0 Å². The fourth-order valence-electron chi connectivity index (χ4n) is 0. The lowest BCUT2D eigenvalue weighted by Gasteiger charge is -1.55. The lowest BCUT2D eigenvalue weighted by atomic mass is 10.5. The zero-order chi connectivity index (χ0) is 5.58. The molecule has 0 aliphatic carbocycles. The van der Waals surface area contributed by atoms with Crippen molar-refractivity contribution in [2.75, 3.05) is 7.11 Å².